The Morgan fingerprint density at radius 3 is 3.00 bits per heavy atom. The fourth-order valence-corrected chi connectivity index (χ4v) is 2.82. The first-order valence-corrected chi connectivity index (χ1v) is 7.24. The van der Waals surface area contributed by atoms with Crippen molar-refractivity contribution in [2.45, 2.75) is 51.3 Å². The van der Waals surface area contributed by atoms with Gasteiger partial charge in [-0.25, -0.2) is 0 Å². The van der Waals surface area contributed by atoms with Crippen molar-refractivity contribution in [3.63, 3.8) is 0 Å². The number of nitrogens with zero attached hydrogens (tertiary/aromatic N) is 1. The Labute approximate surface area is 118 Å². The number of hydrogen-bond donors (Lipinski definition) is 3. The molecule has 0 amide bonds. The number of aliphatic hydroxyl groups is 1. The van der Waals surface area contributed by atoms with Gasteiger partial charge in [-0.2, -0.15) is 5.10 Å². The molecule has 1 aliphatic rings. The fourth-order valence-electron chi connectivity index (χ4n) is 2.82. The molecule has 0 aromatic carbocycles. The summed E-state index contributed by atoms with van der Waals surface area (Å²) in [7, 11) is 0. The third kappa shape index (κ3) is 2.78. The molecule has 108 valence electrons. The Hall–Kier alpha value is -1.59. The summed E-state index contributed by atoms with van der Waals surface area (Å²) in [5.41, 5.74) is 1.98. The zero-order chi connectivity index (χ0) is 13.9. The summed E-state index contributed by atoms with van der Waals surface area (Å²) in [5.74, 6) is 1.69. The molecule has 2 aromatic rings. The van der Waals surface area contributed by atoms with Gasteiger partial charge in [-0.05, 0) is 31.9 Å². The first kappa shape index (κ1) is 13.4. The van der Waals surface area contributed by atoms with Crippen LogP contribution >= 0.6 is 0 Å². The highest BCUT2D eigenvalue weighted by Crippen LogP contribution is 2.24. The highest BCUT2D eigenvalue weighted by molar-refractivity contribution is 5.56. The number of rotatable bonds is 4. The van der Waals surface area contributed by atoms with Crippen molar-refractivity contribution in [3.05, 3.63) is 29.7 Å². The van der Waals surface area contributed by atoms with Crippen molar-refractivity contribution in [3.8, 4) is 11.5 Å². The number of aromatic nitrogens is 2. The lowest BCUT2D eigenvalue weighted by Crippen LogP contribution is -2.41. The quantitative estimate of drug-likeness (QED) is 0.801. The number of aromatic amines is 1. The van der Waals surface area contributed by atoms with Crippen LogP contribution in [0.3, 0.4) is 0 Å². The SMILES string of the molecule is Cc1ccc(-c2[nH]ncc2CNC2CCCCC2O)o1. The minimum atomic E-state index is -0.232. The third-order valence-electron chi connectivity index (χ3n) is 3.99. The minimum absolute atomic E-state index is 0.185. The number of aryl methyl sites for hydroxylation is 1. The van der Waals surface area contributed by atoms with Gasteiger partial charge in [0.05, 0.1) is 12.3 Å². The van der Waals surface area contributed by atoms with Crippen LogP contribution in [0.4, 0.5) is 0 Å². The van der Waals surface area contributed by atoms with E-state index in [0.717, 1.165) is 42.0 Å². The van der Waals surface area contributed by atoms with E-state index in [4.69, 9.17) is 4.42 Å². The molecule has 3 rings (SSSR count). The molecule has 2 unspecified atom stereocenters. The monoisotopic (exact) mass is 275 g/mol. The van der Waals surface area contributed by atoms with Crippen LogP contribution in [0.25, 0.3) is 11.5 Å². The van der Waals surface area contributed by atoms with Crippen molar-refractivity contribution >= 4 is 0 Å². The van der Waals surface area contributed by atoms with E-state index in [-0.39, 0.29) is 12.1 Å². The van der Waals surface area contributed by atoms with Crippen molar-refractivity contribution in [1.29, 1.82) is 0 Å². The molecule has 0 radical (unpaired) electrons. The molecule has 5 heteroatoms. The van der Waals surface area contributed by atoms with Gasteiger partial charge in [-0.1, -0.05) is 12.8 Å². The van der Waals surface area contributed by atoms with Gasteiger partial charge in [-0.3, -0.25) is 5.10 Å². The standard InChI is InChI=1S/C15H21N3O2/c1-10-6-7-14(20-10)15-11(9-17-18-15)8-16-12-4-2-3-5-13(12)19/h6-7,9,12-13,16,19H,2-5,8H2,1H3,(H,17,18). The lowest BCUT2D eigenvalue weighted by atomic mass is 9.92. The number of H-pyrrole nitrogens is 1. The molecule has 2 heterocycles. The van der Waals surface area contributed by atoms with E-state index >= 15 is 0 Å². The summed E-state index contributed by atoms with van der Waals surface area (Å²) in [6, 6.07) is 4.07. The molecule has 0 spiro atoms. The van der Waals surface area contributed by atoms with Crippen LogP contribution in [-0.4, -0.2) is 27.4 Å². The van der Waals surface area contributed by atoms with E-state index in [1.165, 1.54) is 6.42 Å². The zero-order valence-electron chi connectivity index (χ0n) is 11.7. The second-order valence-corrected chi connectivity index (χ2v) is 5.52. The summed E-state index contributed by atoms with van der Waals surface area (Å²) >= 11 is 0. The average molecular weight is 275 g/mol. The first-order chi connectivity index (χ1) is 9.74. The molecular weight excluding hydrogens is 254 g/mol. The number of aliphatic hydroxyl groups excluding tert-OH is 1. The Kier molecular flexibility index (Phi) is 3.89. The van der Waals surface area contributed by atoms with Gasteiger partial charge >= 0.3 is 0 Å². The minimum Gasteiger partial charge on any atom is -0.460 e. The lowest BCUT2D eigenvalue weighted by molar-refractivity contribution is 0.0903. The van der Waals surface area contributed by atoms with Gasteiger partial charge in [0, 0.05) is 18.2 Å². The maximum absolute atomic E-state index is 9.98. The largest absolute Gasteiger partial charge is 0.460 e. The highest BCUT2D eigenvalue weighted by Gasteiger charge is 2.23. The van der Waals surface area contributed by atoms with Crippen LogP contribution in [-0.2, 0) is 6.54 Å². The zero-order valence-corrected chi connectivity index (χ0v) is 11.7. The molecular formula is C15H21N3O2. The van der Waals surface area contributed by atoms with E-state index in [1.807, 2.05) is 25.3 Å². The van der Waals surface area contributed by atoms with Crippen molar-refractivity contribution in [1.82, 2.24) is 15.5 Å². The summed E-state index contributed by atoms with van der Waals surface area (Å²) in [6.45, 7) is 2.61. The number of furan rings is 1. The molecule has 0 bridgehead atoms. The van der Waals surface area contributed by atoms with E-state index < -0.39 is 0 Å². The van der Waals surface area contributed by atoms with E-state index in [0.29, 0.717) is 6.54 Å². The molecule has 1 fully saturated rings. The normalized spacial score (nSPS) is 23.1. The van der Waals surface area contributed by atoms with E-state index in [1.54, 1.807) is 0 Å². The Bertz CT molecular complexity index is 561. The van der Waals surface area contributed by atoms with Gasteiger partial charge in [0.25, 0.3) is 0 Å². The summed E-state index contributed by atoms with van der Waals surface area (Å²) in [6.07, 6.45) is 5.83. The number of hydrogen-bond acceptors (Lipinski definition) is 4. The predicted molar refractivity (Wildman–Crippen MR) is 76.1 cm³/mol. The molecule has 2 aromatic heterocycles. The van der Waals surface area contributed by atoms with E-state index in [2.05, 4.69) is 15.5 Å². The summed E-state index contributed by atoms with van der Waals surface area (Å²) in [5, 5.41) is 20.5. The molecule has 20 heavy (non-hydrogen) atoms. The maximum atomic E-state index is 9.98. The van der Waals surface area contributed by atoms with Crippen molar-refractivity contribution in [2.75, 3.05) is 0 Å². The molecule has 1 saturated carbocycles. The van der Waals surface area contributed by atoms with Crippen LogP contribution in [0.15, 0.2) is 22.7 Å². The molecule has 2 atom stereocenters. The van der Waals surface area contributed by atoms with Gasteiger partial charge in [0.15, 0.2) is 5.76 Å². The second-order valence-electron chi connectivity index (χ2n) is 5.52. The van der Waals surface area contributed by atoms with Crippen molar-refractivity contribution in [2.24, 2.45) is 0 Å². The topological polar surface area (TPSA) is 74.1 Å². The fraction of sp³-hybridized carbons (Fsp3) is 0.533. The van der Waals surface area contributed by atoms with Crippen LogP contribution in [0.2, 0.25) is 0 Å². The van der Waals surface area contributed by atoms with Crippen LogP contribution < -0.4 is 5.32 Å². The Morgan fingerprint density at radius 2 is 2.25 bits per heavy atom. The highest BCUT2D eigenvalue weighted by atomic mass is 16.3. The van der Waals surface area contributed by atoms with Gasteiger partial charge < -0.3 is 14.8 Å². The van der Waals surface area contributed by atoms with Crippen molar-refractivity contribution < 1.29 is 9.52 Å². The molecule has 1 aliphatic carbocycles. The maximum Gasteiger partial charge on any atom is 0.152 e. The van der Waals surface area contributed by atoms with Crippen LogP contribution in [0, 0.1) is 6.92 Å². The molecule has 3 N–H and O–H groups in total. The van der Waals surface area contributed by atoms with E-state index in [9.17, 15) is 5.11 Å². The second kappa shape index (κ2) is 5.81. The predicted octanol–water partition coefficient (Wildman–Crippen LogP) is 2.37. The molecule has 5 nitrogen and oxygen atoms in total. The lowest BCUT2D eigenvalue weighted by Gasteiger charge is -2.28. The third-order valence-corrected chi connectivity index (χ3v) is 3.99. The molecule has 0 aliphatic heterocycles. The van der Waals surface area contributed by atoms with Gasteiger partial charge in [-0.15, -0.1) is 0 Å². The number of nitrogens with one attached hydrogen (secondary N) is 2. The summed E-state index contributed by atoms with van der Waals surface area (Å²) in [4.78, 5) is 0. The van der Waals surface area contributed by atoms with Gasteiger partial charge in [0.2, 0.25) is 0 Å². The van der Waals surface area contributed by atoms with Crippen LogP contribution in [0.5, 0.6) is 0 Å². The first-order valence-electron chi connectivity index (χ1n) is 7.24. The molecule has 0 saturated heterocycles. The average Bonchev–Trinajstić information content (AvgIpc) is 3.06. The Morgan fingerprint density at radius 1 is 1.40 bits per heavy atom. The smallest absolute Gasteiger partial charge is 0.152 e. The summed E-state index contributed by atoms with van der Waals surface area (Å²) < 4.78 is 5.63. The Balaban J connectivity index is 1.68. The van der Waals surface area contributed by atoms with Gasteiger partial charge in [0.1, 0.15) is 11.5 Å². The van der Waals surface area contributed by atoms with Crippen LogP contribution in [0.1, 0.15) is 37.0 Å².